The summed E-state index contributed by atoms with van der Waals surface area (Å²) in [6.07, 6.45) is 14.9. The summed E-state index contributed by atoms with van der Waals surface area (Å²) in [5.41, 5.74) is 33.1. The van der Waals surface area contributed by atoms with Gasteiger partial charge < -0.3 is 82.0 Å². The Morgan fingerprint density at radius 1 is 0.470 bits per heavy atom. The number of nitrogens with zero attached hydrogens (tertiary/aromatic N) is 2. The Balaban J connectivity index is 3.14. The summed E-state index contributed by atoms with van der Waals surface area (Å²) in [5.74, 6) is -8.53. The molecule has 27 heteroatoms. The van der Waals surface area contributed by atoms with Crippen LogP contribution >= 0.6 is 0 Å². The van der Waals surface area contributed by atoms with Gasteiger partial charge in [0.25, 0.3) is 0 Å². The van der Waals surface area contributed by atoms with Crippen LogP contribution < -0.4 is 76.9 Å². The minimum absolute atomic E-state index is 0.0315. The first-order chi connectivity index (χ1) is 39.5. The summed E-state index contributed by atoms with van der Waals surface area (Å²) < 4.78 is 0. The minimum Gasteiger partial charge on any atom is -0.394 e. The van der Waals surface area contributed by atoms with Crippen molar-refractivity contribution in [3.05, 3.63) is 35.9 Å². The molecule has 0 aliphatic carbocycles. The van der Waals surface area contributed by atoms with Gasteiger partial charge in [0, 0.05) is 32.4 Å². The van der Waals surface area contributed by atoms with Crippen molar-refractivity contribution in [3.8, 4) is 0 Å². The van der Waals surface area contributed by atoms with Crippen molar-refractivity contribution < 1.29 is 53.1 Å². The predicted molar refractivity (Wildman–Crippen MR) is 317 cm³/mol. The van der Waals surface area contributed by atoms with Crippen LogP contribution in [0, 0.1) is 5.92 Å². The van der Waals surface area contributed by atoms with Crippen molar-refractivity contribution >= 4 is 71.0 Å². The largest absolute Gasteiger partial charge is 0.394 e. The zero-order chi connectivity index (χ0) is 62.1. The molecule has 0 aliphatic rings. The van der Waals surface area contributed by atoms with Gasteiger partial charge in [-0.3, -0.25) is 57.9 Å². The molecule has 7 atom stereocenters. The Labute approximate surface area is 488 Å². The van der Waals surface area contributed by atoms with Crippen molar-refractivity contribution in [1.82, 2.24) is 42.5 Å². The fraction of sp³-hybridized carbons (Fsp3) is 0.679. The first-order valence-corrected chi connectivity index (χ1v) is 29.2. The second-order valence-corrected chi connectivity index (χ2v) is 21.2. The van der Waals surface area contributed by atoms with Gasteiger partial charge in [0.15, 0.2) is 11.9 Å². The van der Waals surface area contributed by atoms with Gasteiger partial charge in [-0.25, -0.2) is 0 Å². The number of carbonyl (C=O) groups is 10. The second kappa shape index (κ2) is 43.2. The highest BCUT2D eigenvalue weighted by atomic mass is 16.3. The highest BCUT2D eigenvalue weighted by molar-refractivity contribution is 5.97. The number of nitrogens with two attached hydrogens (primary N) is 6. The average molecular weight is 1170 g/mol. The van der Waals surface area contributed by atoms with Crippen LogP contribution in [0.15, 0.2) is 40.3 Å². The van der Waals surface area contributed by atoms with E-state index in [0.29, 0.717) is 18.4 Å². The lowest BCUT2D eigenvalue weighted by Crippen LogP contribution is -2.60. The van der Waals surface area contributed by atoms with E-state index >= 15 is 0 Å². The molecule has 0 aliphatic heterocycles. The molecule has 0 unspecified atom stereocenters. The SMILES string of the molecule is CCCCCCCCCCCCCCCC(=O)N[C@@H](CCCN=C(N)N)C(=O)N[C@@H](C)C(=O)NCC(=O)N[C@@H](CC(C)C)C(=O)N[C@@H](Cc1ccccc1)C(=O)N[C@@H](CCC(N)=O)C(=O)N[C@@H](CCCN=C(N)N)C(=O)N[C@@H](CO)C(N)=O. The molecule has 21 N–H and O–H groups in total. The van der Waals surface area contributed by atoms with Gasteiger partial charge in [-0.05, 0) is 63.4 Å². The molecule has 27 nitrogen and oxygen atoms in total. The summed E-state index contributed by atoms with van der Waals surface area (Å²) >= 11 is 0. The zero-order valence-corrected chi connectivity index (χ0v) is 49.3. The molecule has 0 heterocycles. The van der Waals surface area contributed by atoms with Crippen LogP contribution in [0.4, 0.5) is 0 Å². The standard InChI is InChI=1S/C56H98N16O11/c1-5-6-7-8-9-10-11-12-13-14-15-16-20-27-46(75)67-39(25-21-30-63-55(59)60)50(79)66-37(4)49(78)65-34-47(76)68-42(32-36(2)3)53(82)71-43(33-38-23-18-17-19-24-38)54(83)70-41(28-29-45(57)74)52(81)69-40(26-22-31-64-56(61)62)51(80)72-44(35-73)48(58)77/h17-19,23-24,36-37,39-44,73H,5-16,20-22,25-35H2,1-4H3,(H2,57,74)(H2,58,77)(H,65,78)(H,66,79)(H,67,75)(H,68,76)(H,69,81)(H,70,83)(H,71,82)(H,72,80)(H4,59,60,63)(H4,61,62,64)/t37-,39-,40-,41-,42-,43-,44-/m0/s1. The van der Waals surface area contributed by atoms with Crippen molar-refractivity contribution in [3.63, 3.8) is 0 Å². The van der Waals surface area contributed by atoms with E-state index in [1.165, 1.54) is 58.3 Å². The number of hydrogen-bond donors (Lipinski definition) is 15. The van der Waals surface area contributed by atoms with Gasteiger partial charge in [0.1, 0.15) is 42.3 Å². The Morgan fingerprint density at radius 3 is 1.39 bits per heavy atom. The van der Waals surface area contributed by atoms with Gasteiger partial charge in [0.2, 0.25) is 59.1 Å². The van der Waals surface area contributed by atoms with E-state index in [2.05, 4.69) is 59.4 Å². The van der Waals surface area contributed by atoms with Crippen LogP contribution in [0.1, 0.15) is 168 Å². The maximum atomic E-state index is 14.3. The Kier molecular flexibility index (Phi) is 38.2. The molecule has 0 saturated heterocycles. The first kappa shape index (κ1) is 73.4. The third-order valence-corrected chi connectivity index (χ3v) is 13.3. The Bertz CT molecular complexity index is 2230. The fourth-order valence-electron chi connectivity index (χ4n) is 8.67. The predicted octanol–water partition coefficient (Wildman–Crippen LogP) is -0.864. The van der Waals surface area contributed by atoms with Gasteiger partial charge in [0.05, 0.1) is 13.2 Å². The quantitative estimate of drug-likeness (QED) is 0.0215. The van der Waals surface area contributed by atoms with Crippen LogP contribution in [0.3, 0.4) is 0 Å². The topological polar surface area (TPSA) is 468 Å². The van der Waals surface area contributed by atoms with Gasteiger partial charge >= 0.3 is 0 Å². The monoisotopic (exact) mass is 1170 g/mol. The number of unbranched alkanes of at least 4 members (excludes halogenated alkanes) is 12. The van der Waals surface area contributed by atoms with Crippen molar-refractivity contribution in [2.75, 3.05) is 26.2 Å². The van der Waals surface area contributed by atoms with Gasteiger partial charge in [-0.1, -0.05) is 128 Å². The molecule has 1 aromatic carbocycles. The number of aliphatic hydroxyl groups is 1. The molecule has 0 radical (unpaired) electrons. The molecular weight excluding hydrogens is 1070 g/mol. The van der Waals surface area contributed by atoms with E-state index in [1.54, 1.807) is 44.2 Å². The molecule has 468 valence electrons. The van der Waals surface area contributed by atoms with E-state index in [0.717, 1.165) is 25.7 Å². The lowest BCUT2D eigenvalue weighted by molar-refractivity contribution is -0.135. The van der Waals surface area contributed by atoms with Crippen LogP contribution in [0.2, 0.25) is 0 Å². The molecule has 1 rings (SSSR count). The number of aliphatic hydroxyl groups excluding tert-OH is 1. The van der Waals surface area contributed by atoms with Crippen molar-refractivity contribution in [1.29, 1.82) is 0 Å². The number of nitrogens with one attached hydrogen (secondary N) is 8. The van der Waals surface area contributed by atoms with E-state index < -0.39 is 115 Å². The van der Waals surface area contributed by atoms with E-state index in [1.807, 2.05) is 0 Å². The average Bonchev–Trinajstić information content (AvgIpc) is 3.43. The molecule has 83 heavy (non-hydrogen) atoms. The molecule has 0 aromatic heterocycles. The summed E-state index contributed by atoms with van der Waals surface area (Å²) in [6.45, 7) is 5.95. The number of primary amides is 2. The number of rotatable bonds is 46. The third kappa shape index (κ3) is 35.1. The van der Waals surface area contributed by atoms with E-state index in [4.69, 9.17) is 34.4 Å². The van der Waals surface area contributed by atoms with Crippen molar-refractivity contribution in [2.45, 2.75) is 211 Å². The number of amides is 10. The maximum Gasteiger partial charge on any atom is 0.243 e. The Morgan fingerprint density at radius 2 is 0.904 bits per heavy atom. The van der Waals surface area contributed by atoms with Crippen LogP contribution in [0.25, 0.3) is 0 Å². The van der Waals surface area contributed by atoms with Gasteiger partial charge in [-0.15, -0.1) is 0 Å². The fourth-order valence-corrected chi connectivity index (χ4v) is 8.67. The number of benzene rings is 1. The smallest absolute Gasteiger partial charge is 0.243 e. The summed E-state index contributed by atoms with van der Waals surface area (Å²) in [7, 11) is 0. The molecule has 1 aromatic rings. The number of aliphatic imine (C=N–C) groups is 2. The number of guanidine groups is 2. The van der Waals surface area contributed by atoms with Crippen LogP contribution in [-0.2, 0) is 54.4 Å². The summed E-state index contributed by atoms with van der Waals surface area (Å²) in [6, 6.07) is -0.809. The molecule has 0 bridgehead atoms. The maximum absolute atomic E-state index is 14.3. The van der Waals surface area contributed by atoms with Gasteiger partial charge in [-0.2, -0.15) is 0 Å². The lowest BCUT2D eigenvalue weighted by atomic mass is 10.0. The van der Waals surface area contributed by atoms with Crippen LogP contribution in [0.5, 0.6) is 0 Å². The highest BCUT2D eigenvalue weighted by Gasteiger charge is 2.33. The molecule has 10 amide bonds. The molecule has 0 fully saturated rings. The number of hydrogen-bond acceptors (Lipinski definition) is 13. The van der Waals surface area contributed by atoms with E-state index in [9.17, 15) is 53.1 Å². The highest BCUT2D eigenvalue weighted by Crippen LogP contribution is 2.14. The first-order valence-electron chi connectivity index (χ1n) is 29.2. The normalized spacial score (nSPS) is 13.5. The second-order valence-electron chi connectivity index (χ2n) is 21.2. The molecular formula is C56H98N16O11. The third-order valence-electron chi connectivity index (χ3n) is 13.3. The van der Waals surface area contributed by atoms with Crippen molar-refractivity contribution in [2.24, 2.45) is 50.3 Å². The molecule has 0 saturated carbocycles. The van der Waals surface area contributed by atoms with E-state index in [-0.39, 0.29) is 81.8 Å². The zero-order valence-electron chi connectivity index (χ0n) is 49.3. The summed E-state index contributed by atoms with van der Waals surface area (Å²) in [5, 5.41) is 30.0. The number of carbonyl (C=O) groups excluding carboxylic acids is 10. The molecule has 0 spiro atoms. The lowest BCUT2D eigenvalue weighted by Gasteiger charge is -2.27. The Hall–Kier alpha value is -7.58. The summed E-state index contributed by atoms with van der Waals surface area (Å²) in [4.78, 5) is 141. The van der Waals surface area contributed by atoms with Crippen LogP contribution in [-0.4, -0.2) is 145 Å². The minimum atomic E-state index is -1.54.